The van der Waals surface area contributed by atoms with Gasteiger partial charge in [0, 0.05) is 13.6 Å². The number of fused-ring (bicyclic) bond motifs is 1. The Balaban J connectivity index is 1.86. The highest BCUT2D eigenvalue weighted by atomic mass is 32.5. The van der Waals surface area contributed by atoms with Crippen LogP contribution in [0.25, 0.3) is 0 Å². The van der Waals surface area contributed by atoms with Crippen LogP contribution in [-0.4, -0.2) is 42.5 Å². The standard InChI is InChI=1S/C19H22F5N3O3S/c1-27(8-9-28)17-7-6-13(31(20,21,22,23)24)11-15(17)25-19(30)26-16-10-12-4-2-3-5-14(12)18(16)29/h2-7,11,16,18,28-29H,8-10H2,1H3,(H2,25,26,30)/t16-,18+/m1/s1. The molecular formula is C19H22F5N3O3S. The first kappa shape index (κ1) is 23.1. The van der Waals surface area contributed by atoms with Crippen LogP contribution in [0.5, 0.6) is 0 Å². The topological polar surface area (TPSA) is 84.8 Å². The Labute approximate surface area is 175 Å². The smallest absolute Gasteiger partial charge is 0.319 e. The normalized spacial score (nSPS) is 20.4. The van der Waals surface area contributed by atoms with Crippen LogP contribution >= 0.6 is 10.2 Å². The van der Waals surface area contributed by atoms with E-state index in [1.165, 1.54) is 11.9 Å². The molecule has 2 aromatic rings. The van der Waals surface area contributed by atoms with Gasteiger partial charge in [0.2, 0.25) is 0 Å². The van der Waals surface area contributed by atoms with Crippen molar-refractivity contribution in [3.63, 3.8) is 0 Å². The number of benzene rings is 2. The van der Waals surface area contributed by atoms with Gasteiger partial charge in [0.05, 0.1) is 30.1 Å². The molecule has 3 rings (SSSR count). The van der Waals surface area contributed by atoms with Crippen molar-refractivity contribution < 1.29 is 34.4 Å². The number of carbonyl (C=O) groups is 1. The third-order valence-electron chi connectivity index (χ3n) is 5.02. The second-order valence-electron chi connectivity index (χ2n) is 7.35. The number of nitrogens with one attached hydrogen (secondary N) is 2. The summed E-state index contributed by atoms with van der Waals surface area (Å²) in [5.41, 5.74) is 0.930. The van der Waals surface area contributed by atoms with E-state index in [1.807, 2.05) is 0 Å². The van der Waals surface area contributed by atoms with Crippen molar-refractivity contribution in [1.82, 2.24) is 5.32 Å². The molecule has 1 aliphatic rings. The lowest BCUT2D eigenvalue weighted by atomic mass is 10.1. The monoisotopic (exact) mass is 467 g/mol. The van der Waals surface area contributed by atoms with Gasteiger partial charge in [0.1, 0.15) is 4.90 Å². The Morgan fingerprint density at radius 2 is 1.84 bits per heavy atom. The predicted molar refractivity (Wildman–Crippen MR) is 109 cm³/mol. The van der Waals surface area contributed by atoms with Gasteiger partial charge in [-0.05, 0) is 35.7 Å². The molecule has 0 radical (unpaired) electrons. The van der Waals surface area contributed by atoms with E-state index in [2.05, 4.69) is 10.6 Å². The van der Waals surface area contributed by atoms with E-state index in [9.17, 15) is 29.3 Å². The summed E-state index contributed by atoms with van der Waals surface area (Å²) in [6.45, 7) is -0.360. The summed E-state index contributed by atoms with van der Waals surface area (Å²) in [5, 5.41) is 24.1. The highest BCUT2D eigenvalue weighted by molar-refractivity contribution is 8.45. The van der Waals surface area contributed by atoms with Gasteiger partial charge in [-0.25, -0.2) is 4.79 Å². The molecule has 6 nitrogen and oxygen atoms in total. The number of urea groups is 1. The molecule has 0 unspecified atom stereocenters. The lowest BCUT2D eigenvalue weighted by Crippen LogP contribution is -2.40. The lowest BCUT2D eigenvalue weighted by molar-refractivity contribution is 0.145. The summed E-state index contributed by atoms with van der Waals surface area (Å²) in [4.78, 5) is 11.6. The zero-order valence-electron chi connectivity index (χ0n) is 16.4. The van der Waals surface area contributed by atoms with Crippen molar-refractivity contribution in [3.05, 3.63) is 53.6 Å². The fraction of sp³-hybridized carbons (Fsp3) is 0.316. The Hall–Kier alpha value is -2.57. The molecule has 0 saturated carbocycles. The molecule has 4 N–H and O–H groups in total. The summed E-state index contributed by atoms with van der Waals surface area (Å²) in [6, 6.07) is 6.47. The largest absolute Gasteiger partial charge is 0.395 e. The van der Waals surface area contributed by atoms with Crippen LogP contribution in [0.3, 0.4) is 0 Å². The molecule has 0 spiro atoms. The molecule has 0 heterocycles. The molecule has 31 heavy (non-hydrogen) atoms. The molecule has 12 heteroatoms. The van der Waals surface area contributed by atoms with E-state index < -0.39 is 39.0 Å². The minimum Gasteiger partial charge on any atom is -0.395 e. The van der Waals surface area contributed by atoms with Crippen LogP contribution in [0.2, 0.25) is 0 Å². The second-order valence-corrected chi connectivity index (χ2v) is 9.76. The van der Waals surface area contributed by atoms with Gasteiger partial charge in [-0.3, -0.25) is 0 Å². The third kappa shape index (κ3) is 5.20. The maximum absolute atomic E-state index is 13.3. The summed E-state index contributed by atoms with van der Waals surface area (Å²) in [7, 11) is -8.56. The Bertz CT molecular complexity index is 1000. The average Bonchev–Trinajstić information content (AvgIpc) is 2.96. The van der Waals surface area contributed by atoms with Crippen molar-refractivity contribution in [2.75, 3.05) is 30.4 Å². The van der Waals surface area contributed by atoms with Crippen LogP contribution in [0.4, 0.5) is 35.6 Å². The second kappa shape index (κ2) is 7.24. The fourth-order valence-corrected chi connectivity index (χ4v) is 4.15. The number of rotatable bonds is 6. The average molecular weight is 467 g/mol. The first-order chi connectivity index (χ1) is 14.2. The first-order valence-corrected chi connectivity index (χ1v) is 11.2. The van der Waals surface area contributed by atoms with E-state index in [1.54, 1.807) is 24.3 Å². The molecule has 0 fully saturated rings. The Kier molecular flexibility index (Phi) is 5.40. The molecule has 1 aliphatic carbocycles. The fourth-order valence-electron chi connectivity index (χ4n) is 3.49. The van der Waals surface area contributed by atoms with Crippen molar-refractivity contribution in [2.24, 2.45) is 0 Å². The third-order valence-corrected chi connectivity index (χ3v) is 6.16. The van der Waals surface area contributed by atoms with E-state index >= 15 is 0 Å². The van der Waals surface area contributed by atoms with Gasteiger partial charge in [-0.15, -0.1) is 0 Å². The van der Waals surface area contributed by atoms with Gasteiger partial charge < -0.3 is 25.7 Å². The maximum Gasteiger partial charge on any atom is 0.319 e. The molecule has 0 bridgehead atoms. The number of aliphatic hydroxyl groups is 2. The van der Waals surface area contributed by atoms with E-state index in [4.69, 9.17) is 5.11 Å². The van der Waals surface area contributed by atoms with E-state index in [0.717, 1.165) is 11.6 Å². The van der Waals surface area contributed by atoms with Crippen molar-refractivity contribution >= 4 is 27.6 Å². The summed E-state index contributed by atoms with van der Waals surface area (Å²) in [5.74, 6) is 0. The predicted octanol–water partition coefficient (Wildman–Crippen LogP) is 4.55. The van der Waals surface area contributed by atoms with Crippen molar-refractivity contribution in [1.29, 1.82) is 0 Å². The van der Waals surface area contributed by atoms with E-state index in [0.29, 0.717) is 12.0 Å². The minimum absolute atomic E-state index is 0.00468. The van der Waals surface area contributed by atoms with Gasteiger partial charge in [0.25, 0.3) is 0 Å². The zero-order chi connectivity index (χ0) is 23.1. The number of aliphatic hydroxyl groups excluding tert-OH is 2. The molecule has 2 amide bonds. The van der Waals surface area contributed by atoms with Crippen LogP contribution in [0.15, 0.2) is 47.4 Å². The van der Waals surface area contributed by atoms with Gasteiger partial charge in [0.15, 0.2) is 0 Å². The van der Waals surface area contributed by atoms with Crippen LogP contribution in [0.1, 0.15) is 17.2 Å². The maximum atomic E-state index is 13.3. The highest BCUT2D eigenvalue weighted by Crippen LogP contribution is 3.02. The number of nitrogens with zero attached hydrogens (tertiary/aromatic N) is 1. The first-order valence-electron chi connectivity index (χ1n) is 9.23. The number of anilines is 2. The molecule has 2 aromatic carbocycles. The lowest BCUT2D eigenvalue weighted by Gasteiger charge is -2.41. The quantitative estimate of drug-likeness (QED) is 0.470. The summed E-state index contributed by atoms with van der Waals surface area (Å²) < 4.78 is 66.3. The van der Waals surface area contributed by atoms with Gasteiger partial charge in [-0.2, -0.15) is 0 Å². The number of hydrogen-bond donors (Lipinski definition) is 4. The van der Waals surface area contributed by atoms with Gasteiger partial charge >= 0.3 is 16.3 Å². The number of likely N-dealkylation sites (N-methyl/N-ethyl adjacent to an activating group) is 1. The Morgan fingerprint density at radius 1 is 1.16 bits per heavy atom. The number of carbonyl (C=O) groups excluding carboxylic acids is 1. The van der Waals surface area contributed by atoms with Crippen LogP contribution in [-0.2, 0) is 6.42 Å². The van der Waals surface area contributed by atoms with Crippen molar-refractivity contribution in [3.8, 4) is 0 Å². The molecule has 0 saturated heterocycles. The molecule has 172 valence electrons. The summed E-state index contributed by atoms with van der Waals surface area (Å²) in [6.07, 6.45) is -0.720. The highest BCUT2D eigenvalue weighted by Gasteiger charge is 2.65. The number of amides is 2. The van der Waals surface area contributed by atoms with Gasteiger partial charge in [-0.1, -0.05) is 43.7 Å². The van der Waals surface area contributed by atoms with Crippen LogP contribution in [0, 0.1) is 0 Å². The van der Waals surface area contributed by atoms with Crippen LogP contribution < -0.4 is 15.5 Å². The van der Waals surface area contributed by atoms with Crippen molar-refractivity contribution in [2.45, 2.75) is 23.5 Å². The molecule has 0 aliphatic heterocycles. The number of halogens is 5. The summed E-state index contributed by atoms with van der Waals surface area (Å²) >= 11 is 0. The Morgan fingerprint density at radius 3 is 2.45 bits per heavy atom. The molecule has 0 aromatic heterocycles. The number of hydrogen-bond acceptors (Lipinski definition) is 4. The zero-order valence-corrected chi connectivity index (χ0v) is 17.2. The SMILES string of the molecule is CN(CCO)c1ccc(S(F)(F)(F)(F)F)cc1NC(=O)N[C@@H]1Cc2ccccc2[C@@H]1O. The minimum atomic E-state index is -9.98. The van der Waals surface area contributed by atoms with E-state index in [-0.39, 0.29) is 31.0 Å². The molecular weight excluding hydrogens is 445 g/mol. The molecule has 2 atom stereocenters.